The number of methoxy groups -OCH3 is 1. The van der Waals surface area contributed by atoms with E-state index in [1.807, 2.05) is 0 Å². The Hall–Kier alpha value is -2.39. The molecule has 1 rings (SSSR count). The highest BCUT2D eigenvalue weighted by atomic mass is 19.1. The first-order valence-electron chi connectivity index (χ1n) is 10.2. The zero-order valence-corrected chi connectivity index (χ0v) is 19.2. The average molecular weight is 443 g/mol. The van der Waals surface area contributed by atoms with E-state index in [2.05, 4.69) is 10.6 Å². The number of carbonyl (C=O) groups excluding carboxylic acids is 2. The number of ether oxygens (including phenoxy) is 3. The molecule has 0 aromatic heterocycles. The monoisotopic (exact) mass is 442 g/mol. The van der Waals surface area contributed by atoms with Crippen molar-refractivity contribution in [2.24, 2.45) is 0 Å². The number of hydrogen-bond donors (Lipinski definition) is 3. The van der Waals surface area contributed by atoms with E-state index >= 15 is 0 Å². The van der Waals surface area contributed by atoms with Gasteiger partial charge in [-0.15, -0.1) is 0 Å². The van der Waals surface area contributed by atoms with E-state index in [-0.39, 0.29) is 12.5 Å². The lowest BCUT2D eigenvalue weighted by atomic mass is 10.0. The molecule has 8 nitrogen and oxygen atoms in total. The number of benzene rings is 1. The van der Waals surface area contributed by atoms with Gasteiger partial charge in [-0.25, -0.2) is 9.18 Å². The number of aliphatic hydroxyl groups is 1. The van der Waals surface area contributed by atoms with Crippen molar-refractivity contribution in [3.05, 3.63) is 30.1 Å². The fourth-order valence-electron chi connectivity index (χ4n) is 2.45. The van der Waals surface area contributed by atoms with Crippen molar-refractivity contribution in [3.8, 4) is 5.75 Å². The van der Waals surface area contributed by atoms with Crippen LogP contribution in [0.25, 0.3) is 0 Å². The molecule has 2 amide bonds. The first-order valence-corrected chi connectivity index (χ1v) is 10.2. The van der Waals surface area contributed by atoms with Crippen LogP contribution in [0.3, 0.4) is 0 Å². The second-order valence-electron chi connectivity index (χ2n) is 8.70. The molecule has 0 spiro atoms. The molecule has 1 aromatic carbocycles. The van der Waals surface area contributed by atoms with Crippen molar-refractivity contribution in [2.45, 2.75) is 70.8 Å². The zero-order chi connectivity index (χ0) is 23.7. The zero-order valence-electron chi connectivity index (χ0n) is 19.2. The Kier molecular flexibility index (Phi) is 10.2. The van der Waals surface area contributed by atoms with Crippen LogP contribution in [0.2, 0.25) is 0 Å². The fourth-order valence-corrected chi connectivity index (χ4v) is 2.45. The SMILES string of the molecule is COC(C)(C)C(=O)N[C@@H](CCCNC(=O)OC(C)(C)C)C(O)COc1ccc(F)cc1. The number of nitrogens with one attached hydrogen (secondary N) is 2. The van der Waals surface area contributed by atoms with E-state index in [0.717, 1.165) is 0 Å². The predicted octanol–water partition coefficient (Wildman–Crippen LogP) is 2.78. The molecule has 31 heavy (non-hydrogen) atoms. The summed E-state index contributed by atoms with van der Waals surface area (Å²) in [7, 11) is 1.42. The molecular formula is C22H35FN2O6. The molecule has 176 valence electrons. The second kappa shape index (κ2) is 11.9. The van der Waals surface area contributed by atoms with Crippen LogP contribution in [-0.2, 0) is 14.3 Å². The summed E-state index contributed by atoms with van der Waals surface area (Å²) in [5.41, 5.74) is -1.68. The number of hydrogen-bond acceptors (Lipinski definition) is 6. The van der Waals surface area contributed by atoms with Gasteiger partial charge < -0.3 is 30.0 Å². The Morgan fingerprint density at radius 1 is 1.13 bits per heavy atom. The highest BCUT2D eigenvalue weighted by molar-refractivity contribution is 5.84. The highest BCUT2D eigenvalue weighted by Crippen LogP contribution is 2.14. The van der Waals surface area contributed by atoms with Crippen LogP contribution in [-0.4, -0.2) is 60.7 Å². The van der Waals surface area contributed by atoms with Crippen LogP contribution < -0.4 is 15.4 Å². The van der Waals surface area contributed by atoms with E-state index in [4.69, 9.17) is 14.2 Å². The lowest BCUT2D eigenvalue weighted by Gasteiger charge is -2.29. The number of amides is 2. The number of aliphatic hydroxyl groups excluding tert-OH is 1. The maximum absolute atomic E-state index is 13.0. The Morgan fingerprint density at radius 2 is 1.74 bits per heavy atom. The van der Waals surface area contributed by atoms with Gasteiger partial charge >= 0.3 is 6.09 Å². The van der Waals surface area contributed by atoms with Gasteiger partial charge in [-0.3, -0.25) is 4.79 Å². The summed E-state index contributed by atoms with van der Waals surface area (Å²) >= 11 is 0. The van der Waals surface area contributed by atoms with Crippen molar-refractivity contribution in [3.63, 3.8) is 0 Å². The lowest BCUT2D eigenvalue weighted by molar-refractivity contribution is -0.141. The largest absolute Gasteiger partial charge is 0.491 e. The summed E-state index contributed by atoms with van der Waals surface area (Å²) in [5.74, 6) is -0.382. The average Bonchev–Trinajstić information content (AvgIpc) is 2.68. The van der Waals surface area contributed by atoms with Gasteiger partial charge in [-0.05, 0) is 71.7 Å². The second-order valence-corrected chi connectivity index (χ2v) is 8.70. The molecule has 0 heterocycles. The van der Waals surface area contributed by atoms with E-state index in [1.54, 1.807) is 34.6 Å². The van der Waals surface area contributed by atoms with E-state index in [1.165, 1.54) is 31.4 Å². The third-order valence-corrected chi connectivity index (χ3v) is 4.43. The Balaban J connectivity index is 2.66. The van der Waals surface area contributed by atoms with Gasteiger partial charge in [0.15, 0.2) is 0 Å². The summed E-state index contributed by atoms with van der Waals surface area (Å²) in [4.78, 5) is 24.3. The summed E-state index contributed by atoms with van der Waals surface area (Å²) in [6, 6.07) is 4.76. The normalized spacial score (nSPS) is 13.8. The summed E-state index contributed by atoms with van der Waals surface area (Å²) < 4.78 is 28.9. The number of carbonyl (C=O) groups is 2. The van der Waals surface area contributed by atoms with Crippen molar-refractivity contribution >= 4 is 12.0 Å². The minimum Gasteiger partial charge on any atom is -0.491 e. The molecule has 0 saturated carbocycles. The van der Waals surface area contributed by atoms with Crippen molar-refractivity contribution in [2.75, 3.05) is 20.3 Å². The quantitative estimate of drug-likeness (QED) is 0.455. The van der Waals surface area contributed by atoms with Crippen molar-refractivity contribution < 1.29 is 33.3 Å². The molecule has 3 N–H and O–H groups in total. The Bertz CT molecular complexity index is 703. The standard InChI is InChI=1S/C22H35FN2O6/c1-21(2,3)31-20(28)24-13-7-8-17(25-19(27)22(4,5)29-6)18(26)14-30-16-11-9-15(23)10-12-16/h9-12,17-18,26H,7-8,13-14H2,1-6H3,(H,24,28)(H,25,27)/t17-,18?/m0/s1. The summed E-state index contributed by atoms with van der Waals surface area (Å²) in [6.07, 6.45) is -0.725. The molecule has 0 fully saturated rings. The molecule has 0 aliphatic carbocycles. The molecule has 0 bridgehead atoms. The molecule has 0 aliphatic rings. The van der Waals surface area contributed by atoms with E-state index in [0.29, 0.717) is 25.1 Å². The maximum Gasteiger partial charge on any atom is 0.407 e. The molecule has 9 heteroatoms. The minimum atomic E-state index is -1.08. The predicted molar refractivity (Wildman–Crippen MR) is 114 cm³/mol. The molecule has 2 atom stereocenters. The summed E-state index contributed by atoms with van der Waals surface area (Å²) in [5, 5.41) is 16.0. The first-order chi connectivity index (χ1) is 14.3. The van der Waals surface area contributed by atoms with Crippen molar-refractivity contribution in [1.29, 1.82) is 0 Å². The van der Waals surface area contributed by atoms with Crippen LogP contribution in [0.15, 0.2) is 24.3 Å². The van der Waals surface area contributed by atoms with Crippen LogP contribution in [0, 0.1) is 5.82 Å². The number of rotatable bonds is 11. The summed E-state index contributed by atoms with van der Waals surface area (Å²) in [6.45, 7) is 8.74. The van der Waals surface area contributed by atoms with Gasteiger partial charge in [0, 0.05) is 13.7 Å². The highest BCUT2D eigenvalue weighted by Gasteiger charge is 2.31. The third-order valence-electron chi connectivity index (χ3n) is 4.43. The van der Waals surface area contributed by atoms with E-state index < -0.39 is 35.3 Å². The van der Waals surface area contributed by atoms with E-state index in [9.17, 15) is 19.1 Å². The Morgan fingerprint density at radius 3 is 2.29 bits per heavy atom. The van der Waals surface area contributed by atoms with Gasteiger partial charge in [-0.2, -0.15) is 0 Å². The maximum atomic E-state index is 13.0. The molecule has 0 radical (unpaired) electrons. The van der Waals surface area contributed by atoms with Crippen LogP contribution in [0.1, 0.15) is 47.5 Å². The van der Waals surface area contributed by atoms with Gasteiger partial charge in [0.25, 0.3) is 5.91 Å². The van der Waals surface area contributed by atoms with Gasteiger partial charge in [0.05, 0.1) is 6.04 Å². The van der Waals surface area contributed by atoms with Crippen molar-refractivity contribution in [1.82, 2.24) is 10.6 Å². The number of alkyl carbamates (subject to hydrolysis) is 1. The van der Waals surface area contributed by atoms with Gasteiger partial charge in [-0.1, -0.05) is 0 Å². The molecule has 0 saturated heterocycles. The molecular weight excluding hydrogens is 407 g/mol. The molecule has 1 aromatic rings. The third kappa shape index (κ3) is 10.5. The van der Waals surface area contributed by atoms with Gasteiger partial charge in [0.1, 0.15) is 35.5 Å². The van der Waals surface area contributed by atoms with Crippen LogP contribution in [0.4, 0.5) is 9.18 Å². The number of halogens is 1. The minimum absolute atomic E-state index is 0.108. The Labute approximate surface area is 183 Å². The fraction of sp³-hybridized carbons (Fsp3) is 0.636. The first kappa shape index (κ1) is 26.6. The van der Waals surface area contributed by atoms with Gasteiger partial charge in [0.2, 0.25) is 0 Å². The molecule has 1 unspecified atom stereocenters. The lowest BCUT2D eigenvalue weighted by Crippen LogP contribution is -2.53. The van der Waals surface area contributed by atoms with Crippen LogP contribution in [0.5, 0.6) is 5.75 Å². The molecule has 0 aliphatic heterocycles. The smallest absolute Gasteiger partial charge is 0.407 e. The topological polar surface area (TPSA) is 106 Å². The van der Waals surface area contributed by atoms with Crippen LogP contribution >= 0.6 is 0 Å².